The lowest BCUT2D eigenvalue weighted by Gasteiger charge is -2.16. The molecular formula is C13H17NO3S. The summed E-state index contributed by atoms with van der Waals surface area (Å²) in [4.78, 5) is 11.9. The van der Waals surface area contributed by atoms with Crippen molar-refractivity contribution in [2.45, 2.75) is 26.7 Å². The molecular weight excluding hydrogens is 250 g/mol. The molecule has 0 N–H and O–H groups in total. The molecule has 0 radical (unpaired) electrons. The quantitative estimate of drug-likeness (QED) is 0.824. The highest BCUT2D eigenvalue weighted by Gasteiger charge is 2.41. The van der Waals surface area contributed by atoms with Gasteiger partial charge in [-0.25, -0.2) is 12.7 Å². The molecule has 1 saturated heterocycles. The Kier molecular flexibility index (Phi) is 3.19. The Bertz CT molecular complexity index is 560. The number of anilines is 1. The predicted octanol–water partition coefficient (Wildman–Crippen LogP) is 2.12. The number of rotatable bonds is 2. The minimum atomic E-state index is -3.49. The maximum atomic E-state index is 11.9. The van der Waals surface area contributed by atoms with Crippen LogP contribution in [0, 0.1) is 5.92 Å². The Morgan fingerprint density at radius 1 is 1.22 bits per heavy atom. The van der Waals surface area contributed by atoms with Gasteiger partial charge >= 0.3 is 0 Å². The number of nitrogens with zero attached hydrogens (tertiary/aromatic N) is 1. The van der Waals surface area contributed by atoms with E-state index >= 15 is 0 Å². The first-order valence-corrected chi connectivity index (χ1v) is 7.60. The molecule has 4 nitrogen and oxygen atoms in total. The lowest BCUT2D eigenvalue weighted by molar-refractivity contribution is -0.119. The van der Waals surface area contributed by atoms with Crippen LogP contribution in [0.5, 0.6) is 0 Å². The SMILES string of the molecule is CC1CS(=O)(=O)N(c2ccc(C(C)C)cc2)C1=O. The van der Waals surface area contributed by atoms with E-state index in [2.05, 4.69) is 13.8 Å². The molecule has 1 aliphatic rings. The van der Waals surface area contributed by atoms with Gasteiger partial charge in [0.1, 0.15) is 0 Å². The lowest BCUT2D eigenvalue weighted by Crippen LogP contribution is -2.30. The first-order valence-electron chi connectivity index (χ1n) is 5.99. The molecule has 1 aliphatic heterocycles. The van der Waals surface area contributed by atoms with Crippen LogP contribution in [0.2, 0.25) is 0 Å². The van der Waals surface area contributed by atoms with Crippen LogP contribution in [-0.4, -0.2) is 20.1 Å². The number of amides is 1. The fourth-order valence-electron chi connectivity index (χ4n) is 2.08. The van der Waals surface area contributed by atoms with Crippen LogP contribution >= 0.6 is 0 Å². The van der Waals surface area contributed by atoms with E-state index in [1.165, 1.54) is 0 Å². The molecule has 1 amide bonds. The van der Waals surface area contributed by atoms with Crippen molar-refractivity contribution in [3.05, 3.63) is 29.8 Å². The van der Waals surface area contributed by atoms with Gasteiger partial charge in [0.25, 0.3) is 0 Å². The van der Waals surface area contributed by atoms with Gasteiger partial charge in [-0.15, -0.1) is 0 Å². The van der Waals surface area contributed by atoms with Gasteiger partial charge in [-0.2, -0.15) is 0 Å². The van der Waals surface area contributed by atoms with Crippen LogP contribution in [0.1, 0.15) is 32.3 Å². The molecule has 0 spiro atoms. The van der Waals surface area contributed by atoms with Crippen LogP contribution in [0.25, 0.3) is 0 Å². The average Bonchev–Trinajstić information content (AvgIpc) is 2.48. The molecule has 5 heteroatoms. The zero-order valence-corrected chi connectivity index (χ0v) is 11.6. The van der Waals surface area contributed by atoms with Crippen molar-refractivity contribution in [3.8, 4) is 0 Å². The summed E-state index contributed by atoms with van der Waals surface area (Å²) < 4.78 is 24.7. The van der Waals surface area contributed by atoms with Gasteiger partial charge in [-0.05, 0) is 23.6 Å². The predicted molar refractivity (Wildman–Crippen MR) is 71.0 cm³/mol. The number of sulfonamides is 1. The lowest BCUT2D eigenvalue weighted by atomic mass is 10.0. The second-order valence-corrected chi connectivity index (χ2v) is 6.89. The van der Waals surface area contributed by atoms with Crippen molar-refractivity contribution in [2.24, 2.45) is 5.92 Å². The van der Waals surface area contributed by atoms with Crippen LogP contribution in [0.3, 0.4) is 0 Å². The fraction of sp³-hybridized carbons (Fsp3) is 0.462. The van der Waals surface area contributed by atoms with E-state index in [0.717, 1.165) is 9.87 Å². The molecule has 2 rings (SSSR count). The largest absolute Gasteiger partial charge is 0.273 e. The van der Waals surface area contributed by atoms with Gasteiger partial charge < -0.3 is 0 Å². The Hall–Kier alpha value is -1.36. The molecule has 98 valence electrons. The topological polar surface area (TPSA) is 54.5 Å². The standard InChI is InChI=1S/C13H17NO3S/c1-9(2)11-4-6-12(7-5-11)14-13(15)10(3)8-18(14,16)17/h4-7,9-10H,8H2,1-3H3. The smallest absolute Gasteiger partial charge is 0.244 e. The summed E-state index contributed by atoms with van der Waals surface area (Å²) in [5.41, 5.74) is 1.56. The van der Waals surface area contributed by atoms with E-state index in [0.29, 0.717) is 11.6 Å². The van der Waals surface area contributed by atoms with Gasteiger partial charge in [0.05, 0.1) is 17.4 Å². The van der Waals surface area contributed by atoms with Crippen molar-refractivity contribution in [3.63, 3.8) is 0 Å². The van der Waals surface area contributed by atoms with Crippen molar-refractivity contribution >= 4 is 21.6 Å². The van der Waals surface area contributed by atoms with E-state index in [4.69, 9.17) is 0 Å². The second kappa shape index (κ2) is 4.39. The average molecular weight is 267 g/mol. The van der Waals surface area contributed by atoms with Crippen LogP contribution < -0.4 is 4.31 Å². The Labute approximate surface area is 108 Å². The summed E-state index contributed by atoms with van der Waals surface area (Å²) in [7, 11) is -3.49. The highest BCUT2D eigenvalue weighted by atomic mass is 32.2. The van der Waals surface area contributed by atoms with E-state index in [-0.39, 0.29) is 11.7 Å². The van der Waals surface area contributed by atoms with Crippen LogP contribution in [0.15, 0.2) is 24.3 Å². The van der Waals surface area contributed by atoms with Gasteiger partial charge in [0.15, 0.2) is 0 Å². The Morgan fingerprint density at radius 3 is 2.17 bits per heavy atom. The van der Waals surface area contributed by atoms with Gasteiger partial charge in [0.2, 0.25) is 15.9 Å². The first kappa shape index (κ1) is 13.1. The summed E-state index contributed by atoms with van der Waals surface area (Å²) in [5.74, 6) is -0.520. The maximum absolute atomic E-state index is 11.9. The molecule has 1 atom stereocenters. The summed E-state index contributed by atoms with van der Waals surface area (Å²) in [5, 5.41) is 0. The summed E-state index contributed by atoms with van der Waals surface area (Å²) >= 11 is 0. The molecule has 0 bridgehead atoms. The minimum absolute atomic E-state index is 0.0994. The third-order valence-electron chi connectivity index (χ3n) is 3.15. The third kappa shape index (κ3) is 2.14. The fourth-order valence-corrected chi connectivity index (χ4v) is 3.90. The molecule has 0 aliphatic carbocycles. The molecule has 0 aromatic heterocycles. The van der Waals surface area contributed by atoms with Crippen LogP contribution in [-0.2, 0) is 14.8 Å². The van der Waals surface area contributed by atoms with E-state index in [9.17, 15) is 13.2 Å². The minimum Gasteiger partial charge on any atom is -0.273 e. The normalized spacial score (nSPS) is 22.8. The summed E-state index contributed by atoms with van der Waals surface area (Å²) in [6.07, 6.45) is 0. The van der Waals surface area contributed by atoms with Gasteiger partial charge in [0, 0.05) is 0 Å². The third-order valence-corrected chi connectivity index (χ3v) is 5.02. The number of hydrogen-bond acceptors (Lipinski definition) is 3. The molecule has 1 heterocycles. The zero-order valence-electron chi connectivity index (χ0n) is 10.8. The van der Waals surface area contributed by atoms with Gasteiger partial charge in [-0.3, -0.25) is 4.79 Å². The van der Waals surface area contributed by atoms with E-state index in [1.807, 2.05) is 12.1 Å². The summed E-state index contributed by atoms with van der Waals surface area (Å²) in [6.45, 7) is 5.77. The highest BCUT2D eigenvalue weighted by molar-refractivity contribution is 7.94. The number of carbonyl (C=O) groups is 1. The van der Waals surface area contributed by atoms with Crippen molar-refractivity contribution in [1.29, 1.82) is 0 Å². The molecule has 0 saturated carbocycles. The Morgan fingerprint density at radius 2 is 1.78 bits per heavy atom. The molecule has 1 aromatic carbocycles. The van der Waals surface area contributed by atoms with Crippen LogP contribution in [0.4, 0.5) is 5.69 Å². The van der Waals surface area contributed by atoms with Crippen molar-refractivity contribution < 1.29 is 13.2 Å². The molecule has 18 heavy (non-hydrogen) atoms. The van der Waals surface area contributed by atoms with Crippen molar-refractivity contribution in [1.82, 2.24) is 0 Å². The summed E-state index contributed by atoms with van der Waals surface area (Å²) in [6, 6.07) is 7.13. The molecule has 1 fully saturated rings. The van der Waals surface area contributed by atoms with Crippen molar-refractivity contribution in [2.75, 3.05) is 10.1 Å². The highest BCUT2D eigenvalue weighted by Crippen LogP contribution is 2.29. The monoisotopic (exact) mass is 267 g/mol. The second-order valence-electron chi connectivity index (χ2n) is 5.03. The van der Waals surface area contributed by atoms with Gasteiger partial charge in [-0.1, -0.05) is 32.9 Å². The van der Waals surface area contributed by atoms with E-state index in [1.54, 1.807) is 19.1 Å². The maximum Gasteiger partial charge on any atom is 0.244 e. The van der Waals surface area contributed by atoms with E-state index < -0.39 is 15.9 Å². The first-order chi connectivity index (χ1) is 8.33. The molecule has 1 unspecified atom stereocenters. The number of carbonyl (C=O) groups excluding carboxylic acids is 1. The number of hydrogen-bond donors (Lipinski definition) is 0. The Balaban J connectivity index is 2.40. The number of benzene rings is 1. The molecule has 1 aromatic rings. The zero-order chi connectivity index (χ0) is 13.5.